The molecule has 1 unspecified atom stereocenters. The predicted molar refractivity (Wildman–Crippen MR) is 64.1 cm³/mol. The molecule has 1 aromatic heterocycles. The van der Waals surface area contributed by atoms with Crippen molar-refractivity contribution in [2.24, 2.45) is 0 Å². The minimum Gasteiger partial charge on any atom is -0.502 e. The van der Waals surface area contributed by atoms with E-state index in [-0.39, 0.29) is 11.9 Å². The van der Waals surface area contributed by atoms with Gasteiger partial charge in [-0.2, -0.15) is 0 Å². The molecule has 0 aromatic carbocycles. The Balaban J connectivity index is 2.41. The molecule has 0 aliphatic carbocycles. The van der Waals surface area contributed by atoms with E-state index in [0.29, 0.717) is 13.2 Å². The quantitative estimate of drug-likeness (QED) is 0.762. The Hall–Kier alpha value is -2.02. The number of rotatable bonds is 3. The summed E-state index contributed by atoms with van der Waals surface area (Å²) in [7, 11) is 1.54. The van der Waals surface area contributed by atoms with Gasteiger partial charge in [-0.25, -0.2) is 0 Å². The summed E-state index contributed by atoms with van der Waals surface area (Å²) in [6, 6.07) is 1.21. The SMILES string of the molecule is COCCN1C(=O)c2c(O)c(=O)ccn2NC1C. The summed E-state index contributed by atoms with van der Waals surface area (Å²) in [6.45, 7) is 2.58. The standard InChI is InChI=1S/C11H15N3O4/c1-7-12-14-4-3-8(15)10(16)9(14)11(17)13(7)5-6-18-2/h3-4,7,12,16H,5-6H2,1-2H3. The Morgan fingerprint density at radius 2 is 2.22 bits per heavy atom. The van der Waals surface area contributed by atoms with Crippen molar-refractivity contribution in [2.75, 3.05) is 25.7 Å². The van der Waals surface area contributed by atoms with Crippen LogP contribution in [0.2, 0.25) is 0 Å². The zero-order valence-corrected chi connectivity index (χ0v) is 10.2. The number of fused-ring (bicyclic) bond motifs is 1. The molecule has 0 saturated carbocycles. The van der Waals surface area contributed by atoms with Crippen molar-refractivity contribution < 1.29 is 14.6 Å². The van der Waals surface area contributed by atoms with Crippen LogP contribution in [0.15, 0.2) is 17.1 Å². The Kier molecular flexibility index (Phi) is 3.24. The first-order valence-corrected chi connectivity index (χ1v) is 5.57. The summed E-state index contributed by atoms with van der Waals surface area (Å²) in [4.78, 5) is 25.1. The molecular formula is C11H15N3O4. The zero-order chi connectivity index (χ0) is 13.3. The second kappa shape index (κ2) is 4.69. The van der Waals surface area contributed by atoms with Crippen molar-refractivity contribution >= 4 is 5.91 Å². The van der Waals surface area contributed by atoms with Gasteiger partial charge >= 0.3 is 0 Å². The minimum atomic E-state index is -0.572. The van der Waals surface area contributed by atoms with Crippen molar-refractivity contribution in [1.82, 2.24) is 9.58 Å². The van der Waals surface area contributed by atoms with Gasteiger partial charge in [0.2, 0.25) is 5.43 Å². The van der Waals surface area contributed by atoms with Crippen LogP contribution >= 0.6 is 0 Å². The number of nitrogens with one attached hydrogen (secondary N) is 1. The topological polar surface area (TPSA) is 83.8 Å². The van der Waals surface area contributed by atoms with Crippen molar-refractivity contribution in [2.45, 2.75) is 13.1 Å². The number of amides is 1. The second-order valence-corrected chi connectivity index (χ2v) is 4.04. The second-order valence-electron chi connectivity index (χ2n) is 4.04. The van der Waals surface area contributed by atoms with Crippen LogP contribution in [0.5, 0.6) is 5.75 Å². The average molecular weight is 253 g/mol. The number of nitrogens with zero attached hydrogens (tertiary/aromatic N) is 2. The molecule has 7 nitrogen and oxygen atoms in total. The van der Waals surface area contributed by atoms with E-state index in [0.717, 1.165) is 0 Å². The van der Waals surface area contributed by atoms with Crippen LogP contribution in [0.25, 0.3) is 0 Å². The molecule has 0 radical (unpaired) electrons. The van der Waals surface area contributed by atoms with Gasteiger partial charge in [-0.15, -0.1) is 0 Å². The van der Waals surface area contributed by atoms with E-state index in [4.69, 9.17) is 4.74 Å². The highest BCUT2D eigenvalue weighted by atomic mass is 16.5. The maximum Gasteiger partial charge on any atom is 0.278 e. The van der Waals surface area contributed by atoms with Crippen molar-refractivity contribution in [3.05, 3.63) is 28.2 Å². The average Bonchev–Trinajstić information content (AvgIpc) is 2.33. The van der Waals surface area contributed by atoms with Crippen LogP contribution in [-0.2, 0) is 4.74 Å². The number of carbonyl (C=O) groups excluding carboxylic acids is 1. The van der Waals surface area contributed by atoms with Crippen molar-refractivity contribution in [3.63, 3.8) is 0 Å². The molecular weight excluding hydrogens is 238 g/mol. The van der Waals surface area contributed by atoms with Crippen LogP contribution in [0.3, 0.4) is 0 Å². The first-order chi connectivity index (χ1) is 8.56. The van der Waals surface area contributed by atoms with E-state index in [1.165, 1.54) is 21.8 Å². The lowest BCUT2D eigenvalue weighted by atomic mass is 10.2. The number of methoxy groups -OCH3 is 1. The van der Waals surface area contributed by atoms with Crippen molar-refractivity contribution in [1.29, 1.82) is 0 Å². The van der Waals surface area contributed by atoms with Gasteiger partial charge in [0.1, 0.15) is 6.17 Å². The molecule has 0 bridgehead atoms. The molecule has 7 heteroatoms. The maximum atomic E-state index is 12.2. The largest absolute Gasteiger partial charge is 0.502 e. The summed E-state index contributed by atoms with van der Waals surface area (Å²) in [5.41, 5.74) is 2.37. The van der Waals surface area contributed by atoms with E-state index < -0.39 is 17.1 Å². The normalized spacial score (nSPS) is 18.4. The maximum absolute atomic E-state index is 12.2. The highest BCUT2D eigenvalue weighted by molar-refractivity contribution is 5.96. The molecule has 2 heterocycles. The number of aromatic nitrogens is 1. The van der Waals surface area contributed by atoms with E-state index in [2.05, 4.69) is 5.43 Å². The third kappa shape index (κ3) is 1.92. The Morgan fingerprint density at radius 3 is 2.89 bits per heavy atom. The fraction of sp³-hybridized carbons (Fsp3) is 0.455. The molecule has 1 aliphatic rings. The summed E-state index contributed by atoms with van der Waals surface area (Å²) >= 11 is 0. The molecule has 1 atom stereocenters. The van der Waals surface area contributed by atoms with Gasteiger partial charge in [0, 0.05) is 25.9 Å². The van der Waals surface area contributed by atoms with E-state index in [9.17, 15) is 14.7 Å². The van der Waals surface area contributed by atoms with Gasteiger partial charge in [-0.1, -0.05) is 0 Å². The molecule has 1 aliphatic heterocycles. The number of pyridine rings is 1. The number of carbonyl (C=O) groups is 1. The Bertz CT molecular complexity index is 526. The lowest BCUT2D eigenvalue weighted by Gasteiger charge is -2.36. The molecule has 0 fully saturated rings. The molecule has 2 N–H and O–H groups in total. The van der Waals surface area contributed by atoms with E-state index in [1.54, 1.807) is 7.11 Å². The first-order valence-electron chi connectivity index (χ1n) is 5.57. The highest BCUT2D eigenvalue weighted by Gasteiger charge is 2.31. The summed E-state index contributed by atoms with van der Waals surface area (Å²) in [6.07, 6.45) is 1.18. The third-order valence-electron chi connectivity index (χ3n) is 2.87. The zero-order valence-electron chi connectivity index (χ0n) is 10.2. The molecule has 1 aromatic rings. The molecule has 1 amide bonds. The Morgan fingerprint density at radius 1 is 1.50 bits per heavy atom. The van der Waals surface area contributed by atoms with Gasteiger partial charge in [-0.3, -0.25) is 14.3 Å². The monoisotopic (exact) mass is 253 g/mol. The van der Waals surface area contributed by atoms with E-state index >= 15 is 0 Å². The van der Waals surface area contributed by atoms with Crippen LogP contribution in [0.1, 0.15) is 17.4 Å². The van der Waals surface area contributed by atoms with E-state index in [1.807, 2.05) is 6.92 Å². The van der Waals surface area contributed by atoms with Crippen LogP contribution in [-0.4, -0.2) is 47.0 Å². The van der Waals surface area contributed by atoms with Gasteiger partial charge in [0.25, 0.3) is 5.91 Å². The fourth-order valence-corrected chi connectivity index (χ4v) is 1.91. The predicted octanol–water partition coefficient (Wildman–Crippen LogP) is -0.454. The van der Waals surface area contributed by atoms with Crippen LogP contribution in [0, 0.1) is 0 Å². The summed E-state index contributed by atoms with van der Waals surface area (Å²) in [5, 5.41) is 9.69. The first kappa shape index (κ1) is 12.4. The highest BCUT2D eigenvalue weighted by Crippen LogP contribution is 2.19. The van der Waals surface area contributed by atoms with Crippen molar-refractivity contribution in [3.8, 4) is 5.75 Å². The molecule has 2 rings (SSSR count). The molecule has 98 valence electrons. The Labute approximate surface area is 104 Å². The summed E-state index contributed by atoms with van der Waals surface area (Å²) < 4.78 is 6.30. The lowest BCUT2D eigenvalue weighted by Crippen LogP contribution is -2.53. The minimum absolute atomic E-state index is 0.0447. The summed E-state index contributed by atoms with van der Waals surface area (Å²) in [5.74, 6) is -0.933. The molecule has 0 saturated heterocycles. The van der Waals surface area contributed by atoms with Gasteiger partial charge in [0.15, 0.2) is 11.4 Å². The van der Waals surface area contributed by atoms with Crippen LogP contribution in [0.4, 0.5) is 0 Å². The lowest BCUT2D eigenvalue weighted by molar-refractivity contribution is 0.0577. The molecule has 0 spiro atoms. The van der Waals surface area contributed by atoms with Gasteiger partial charge < -0.3 is 20.2 Å². The number of hydrogen-bond donors (Lipinski definition) is 2. The number of aromatic hydroxyl groups is 1. The smallest absolute Gasteiger partial charge is 0.278 e. The molecule has 18 heavy (non-hydrogen) atoms. The van der Waals surface area contributed by atoms with Gasteiger partial charge in [-0.05, 0) is 6.92 Å². The fourth-order valence-electron chi connectivity index (χ4n) is 1.91. The van der Waals surface area contributed by atoms with Gasteiger partial charge in [0.05, 0.1) is 6.61 Å². The number of ether oxygens (including phenoxy) is 1. The number of hydrogen-bond acceptors (Lipinski definition) is 5. The van der Waals surface area contributed by atoms with Crippen LogP contribution < -0.4 is 10.9 Å². The third-order valence-corrected chi connectivity index (χ3v) is 2.87.